The summed E-state index contributed by atoms with van der Waals surface area (Å²) in [6.07, 6.45) is 0. The minimum absolute atomic E-state index is 0.104. The smallest absolute Gasteiger partial charge is 0.125 e. The van der Waals surface area contributed by atoms with Crippen LogP contribution in [0.5, 0.6) is 5.75 Å². The average molecular weight is 259 g/mol. The monoisotopic (exact) mass is 259 g/mol. The first kappa shape index (κ1) is 13.4. The Morgan fingerprint density at radius 1 is 1.11 bits per heavy atom. The van der Waals surface area contributed by atoms with Crippen LogP contribution >= 0.6 is 0 Å². The van der Waals surface area contributed by atoms with Gasteiger partial charge in [-0.05, 0) is 55.3 Å². The summed E-state index contributed by atoms with van der Waals surface area (Å²) in [5.74, 6) is 0.613. The maximum Gasteiger partial charge on any atom is 0.125 e. The molecular formula is C16H18FNO. The van der Waals surface area contributed by atoms with E-state index in [9.17, 15) is 4.39 Å². The number of benzene rings is 2. The Hall–Kier alpha value is -2.03. The lowest BCUT2D eigenvalue weighted by atomic mass is 10.1. The van der Waals surface area contributed by atoms with Crippen LogP contribution in [0.1, 0.15) is 24.1 Å². The molecule has 0 fully saturated rings. The van der Waals surface area contributed by atoms with Crippen molar-refractivity contribution >= 4 is 5.69 Å². The molecule has 0 radical (unpaired) electrons. The Morgan fingerprint density at radius 3 is 2.37 bits per heavy atom. The van der Waals surface area contributed by atoms with Gasteiger partial charge in [-0.3, -0.25) is 0 Å². The normalized spacial score (nSPS) is 12.0. The van der Waals surface area contributed by atoms with Crippen molar-refractivity contribution in [2.24, 2.45) is 0 Å². The fourth-order valence-corrected chi connectivity index (χ4v) is 2.05. The van der Waals surface area contributed by atoms with Gasteiger partial charge in [-0.1, -0.05) is 12.1 Å². The van der Waals surface area contributed by atoms with Crippen LogP contribution in [0.25, 0.3) is 0 Å². The van der Waals surface area contributed by atoms with Crippen LogP contribution in [-0.4, -0.2) is 7.11 Å². The molecule has 3 heteroatoms. The highest BCUT2D eigenvalue weighted by Gasteiger charge is 2.06. The maximum atomic E-state index is 13.3. The SMILES string of the molecule is COc1ccc(C(C)Nc2cc(C)cc(F)c2)cc1. The quantitative estimate of drug-likeness (QED) is 0.883. The molecule has 0 bridgehead atoms. The zero-order valence-corrected chi connectivity index (χ0v) is 11.4. The second-order valence-corrected chi connectivity index (χ2v) is 4.66. The number of methoxy groups -OCH3 is 1. The second-order valence-electron chi connectivity index (χ2n) is 4.66. The van der Waals surface area contributed by atoms with Gasteiger partial charge in [0.2, 0.25) is 0 Å². The third-order valence-electron chi connectivity index (χ3n) is 3.04. The standard InChI is InChI=1S/C16H18FNO/c1-11-8-14(17)10-15(9-11)18-12(2)13-4-6-16(19-3)7-5-13/h4-10,12,18H,1-3H3. The number of anilines is 1. The fraction of sp³-hybridized carbons (Fsp3) is 0.250. The number of hydrogen-bond acceptors (Lipinski definition) is 2. The van der Waals surface area contributed by atoms with Crippen LogP contribution < -0.4 is 10.1 Å². The number of halogens is 1. The lowest BCUT2D eigenvalue weighted by Gasteiger charge is -2.16. The summed E-state index contributed by atoms with van der Waals surface area (Å²) in [6.45, 7) is 3.92. The zero-order valence-electron chi connectivity index (χ0n) is 11.4. The Labute approximate surface area is 113 Å². The van der Waals surface area contributed by atoms with Gasteiger partial charge in [0.1, 0.15) is 11.6 Å². The van der Waals surface area contributed by atoms with E-state index >= 15 is 0 Å². The topological polar surface area (TPSA) is 21.3 Å². The highest BCUT2D eigenvalue weighted by atomic mass is 19.1. The molecule has 1 unspecified atom stereocenters. The van der Waals surface area contributed by atoms with Crippen molar-refractivity contribution in [1.82, 2.24) is 0 Å². The van der Waals surface area contributed by atoms with E-state index in [1.165, 1.54) is 12.1 Å². The molecule has 2 aromatic carbocycles. The van der Waals surface area contributed by atoms with Crippen molar-refractivity contribution in [1.29, 1.82) is 0 Å². The van der Waals surface area contributed by atoms with Crippen LogP contribution in [0.3, 0.4) is 0 Å². The summed E-state index contributed by atoms with van der Waals surface area (Å²) >= 11 is 0. The molecule has 0 spiro atoms. The van der Waals surface area contributed by atoms with Crippen molar-refractivity contribution in [2.75, 3.05) is 12.4 Å². The maximum absolute atomic E-state index is 13.3. The van der Waals surface area contributed by atoms with Crippen molar-refractivity contribution in [3.8, 4) is 5.75 Å². The van der Waals surface area contributed by atoms with Crippen LogP contribution in [0.2, 0.25) is 0 Å². The fourth-order valence-electron chi connectivity index (χ4n) is 2.05. The molecule has 2 aromatic rings. The number of nitrogens with one attached hydrogen (secondary N) is 1. The molecule has 0 aromatic heterocycles. The minimum Gasteiger partial charge on any atom is -0.497 e. The molecule has 0 aliphatic carbocycles. The van der Waals surface area contributed by atoms with E-state index in [1.807, 2.05) is 44.2 Å². The molecule has 1 atom stereocenters. The Morgan fingerprint density at radius 2 is 1.79 bits per heavy atom. The van der Waals surface area contributed by atoms with Crippen molar-refractivity contribution < 1.29 is 9.13 Å². The molecule has 0 saturated carbocycles. The summed E-state index contributed by atoms with van der Waals surface area (Å²) < 4.78 is 18.5. The number of ether oxygens (including phenoxy) is 1. The molecule has 0 aliphatic heterocycles. The average Bonchev–Trinajstić information content (AvgIpc) is 2.37. The zero-order chi connectivity index (χ0) is 13.8. The van der Waals surface area contributed by atoms with Gasteiger partial charge in [-0.2, -0.15) is 0 Å². The largest absolute Gasteiger partial charge is 0.497 e. The highest BCUT2D eigenvalue weighted by molar-refractivity contribution is 5.48. The Balaban J connectivity index is 2.13. The minimum atomic E-state index is -0.218. The molecule has 1 N–H and O–H groups in total. The summed E-state index contributed by atoms with van der Waals surface area (Å²) in [6, 6.07) is 12.9. The van der Waals surface area contributed by atoms with Crippen molar-refractivity contribution in [3.05, 3.63) is 59.4 Å². The van der Waals surface area contributed by atoms with E-state index in [0.29, 0.717) is 0 Å². The van der Waals surface area contributed by atoms with E-state index in [4.69, 9.17) is 4.74 Å². The van der Waals surface area contributed by atoms with Gasteiger partial charge in [0.15, 0.2) is 0 Å². The molecule has 19 heavy (non-hydrogen) atoms. The van der Waals surface area contributed by atoms with E-state index in [2.05, 4.69) is 5.32 Å². The first-order chi connectivity index (χ1) is 9.08. The summed E-state index contributed by atoms with van der Waals surface area (Å²) in [7, 11) is 1.65. The van der Waals surface area contributed by atoms with Gasteiger partial charge < -0.3 is 10.1 Å². The molecule has 0 amide bonds. The lowest BCUT2D eigenvalue weighted by molar-refractivity contribution is 0.414. The lowest BCUT2D eigenvalue weighted by Crippen LogP contribution is -2.06. The van der Waals surface area contributed by atoms with Crippen LogP contribution in [0.15, 0.2) is 42.5 Å². The Bertz CT molecular complexity index is 531. The van der Waals surface area contributed by atoms with Gasteiger partial charge in [0.25, 0.3) is 0 Å². The van der Waals surface area contributed by atoms with Gasteiger partial charge in [0.05, 0.1) is 7.11 Å². The van der Waals surface area contributed by atoms with Crippen LogP contribution in [-0.2, 0) is 0 Å². The summed E-state index contributed by atoms with van der Waals surface area (Å²) in [4.78, 5) is 0. The Kier molecular flexibility index (Phi) is 4.05. The van der Waals surface area contributed by atoms with Gasteiger partial charge >= 0.3 is 0 Å². The predicted molar refractivity (Wildman–Crippen MR) is 76.2 cm³/mol. The molecule has 0 aliphatic rings. The van der Waals surface area contributed by atoms with Gasteiger partial charge in [0, 0.05) is 11.7 Å². The third kappa shape index (κ3) is 3.47. The van der Waals surface area contributed by atoms with Crippen LogP contribution in [0, 0.1) is 12.7 Å². The molecule has 0 saturated heterocycles. The molecular weight excluding hydrogens is 241 g/mol. The van der Waals surface area contributed by atoms with E-state index in [0.717, 1.165) is 22.6 Å². The summed E-state index contributed by atoms with van der Waals surface area (Å²) in [5, 5.41) is 3.30. The third-order valence-corrected chi connectivity index (χ3v) is 3.04. The molecule has 0 heterocycles. The molecule has 2 rings (SSSR count). The highest BCUT2D eigenvalue weighted by Crippen LogP contribution is 2.22. The van der Waals surface area contributed by atoms with Crippen molar-refractivity contribution in [3.63, 3.8) is 0 Å². The van der Waals surface area contributed by atoms with E-state index in [-0.39, 0.29) is 11.9 Å². The van der Waals surface area contributed by atoms with E-state index < -0.39 is 0 Å². The molecule has 2 nitrogen and oxygen atoms in total. The van der Waals surface area contributed by atoms with Crippen molar-refractivity contribution in [2.45, 2.75) is 19.9 Å². The van der Waals surface area contributed by atoms with Crippen LogP contribution in [0.4, 0.5) is 10.1 Å². The number of rotatable bonds is 4. The first-order valence-electron chi connectivity index (χ1n) is 6.26. The summed E-state index contributed by atoms with van der Waals surface area (Å²) in [5.41, 5.74) is 2.83. The first-order valence-corrected chi connectivity index (χ1v) is 6.26. The second kappa shape index (κ2) is 5.74. The van der Waals surface area contributed by atoms with Gasteiger partial charge in [-0.25, -0.2) is 4.39 Å². The number of aryl methyl sites for hydroxylation is 1. The molecule has 100 valence electrons. The van der Waals surface area contributed by atoms with E-state index in [1.54, 1.807) is 7.11 Å². The van der Waals surface area contributed by atoms with Gasteiger partial charge in [-0.15, -0.1) is 0 Å². The number of hydrogen-bond donors (Lipinski definition) is 1. The predicted octanol–water partition coefficient (Wildman–Crippen LogP) is 4.32.